The summed E-state index contributed by atoms with van der Waals surface area (Å²) in [6, 6.07) is 20.3. The normalized spacial score (nSPS) is 32.8. The zero-order chi connectivity index (χ0) is 47.2. The molecule has 2 aliphatic heterocycles. The fourth-order valence-corrected chi connectivity index (χ4v) is 8.97. The molecule has 2 saturated heterocycles. The standard InChI is InChI=1S/C45H56N4O17/c1-21(51)47-29-16-30(48-22(2)52)41(66-43-38(57)37(56)35(54)31(63-43)17-46-44(59)61-19-23-10-4-3-5-11-23)39(58)40(29)65-42-36(55)33(34(53)32(18-50)64-42)49-45(60)62-20-28-26-14-8-6-12-24(26)25-13-7-9-15-27(25)28/h3-15,28-43,50,53-58H,16-20H2,1-2H3,(H,46,59)(H,47,51)(H,48,52)(H,49,60)/t29-,30?,31?,32?,33-,34-,35-,36?,37+,38?,39?,40-,41-,42-,43-/m1/s1. The highest BCUT2D eigenvalue weighted by Crippen LogP contribution is 2.44. The molecule has 11 N–H and O–H groups in total. The molecule has 0 aromatic heterocycles. The summed E-state index contributed by atoms with van der Waals surface area (Å²) in [5.41, 5.74) is 4.59. The molecule has 15 atom stereocenters. The van der Waals surface area contributed by atoms with Crippen LogP contribution in [0.1, 0.15) is 42.9 Å². The van der Waals surface area contributed by atoms with Crippen LogP contribution in [0.5, 0.6) is 0 Å². The molecular weight excluding hydrogens is 869 g/mol. The molecule has 0 spiro atoms. The lowest BCUT2D eigenvalue weighted by Crippen LogP contribution is -2.70. The van der Waals surface area contributed by atoms with E-state index in [1.807, 2.05) is 48.5 Å². The van der Waals surface area contributed by atoms with Gasteiger partial charge in [-0.05, 0) is 34.2 Å². The Hall–Kier alpha value is -5.30. The zero-order valence-electron chi connectivity index (χ0n) is 36.0. The molecule has 0 radical (unpaired) electrons. The van der Waals surface area contributed by atoms with Gasteiger partial charge < -0.3 is 85.4 Å². The lowest BCUT2D eigenvalue weighted by Gasteiger charge is -2.49. The van der Waals surface area contributed by atoms with Crippen LogP contribution < -0.4 is 21.3 Å². The van der Waals surface area contributed by atoms with Gasteiger partial charge in [-0.15, -0.1) is 0 Å². The van der Waals surface area contributed by atoms with Crippen molar-refractivity contribution in [3.63, 3.8) is 0 Å². The van der Waals surface area contributed by atoms with E-state index in [0.717, 1.165) is 22.3 Å². The van der Waals surface area contributed by atoms with Crippen LogP contribution in [0, 0.1) is 0 Å². The molecular formula is C45H56N4O17. The van der Waals surface area contributed by atoms with Gasteiger partial charge >= 0.3 is 12.2 Å². The Morgan fingerprint density at radius 3 is 1.73 bits per heavy atom. The first-order valence-corrected chi connectivity index (χ1v) is 21.6. The third-order valence-electron chi connectivity index (χ3n) is 12.2. The van der Waals surface area contributed by atoms with Gasteiger partial charge in [-0.1, -0.05) is 78.9 Å². The van der Waals surface area contributed by atoms with Gasteiger partial charge in [0.1, 0.15) is 74.3 Å². The number of aliphatic hydroxyl groups excluding tert-OH is 7. The second-order valence-electron chi connectivity index (χ2n) is 16.7. The summed E-state index contributed by atoms with van der Waals surface area (Å²) >= 11 is 0. The summed E-state index contributed by atoms with van der Waals surface area (Å²) < 4.78 is 34.6. The predicted octanol–water partition coefficient (Wildman–Crippen LogP) is -1.39. The summed E-state index contributed by atoms with van der Waals surface area (Å²) in [4.78, 5) is 50.8. The topological polar surface area (TPSA) is 313 Å². The van der Waals surface area contributed by atoms with Gasteiger partial charge in [0.15, 0.2) is 12.6 Å². The maximum absolute atomic E-state index is 13.4. The first-order valence-electron chi connectivity index (χ1n) is 21.6. The van der Waals surface area contributed by atoms with Gasteiger partial charge in [0.25, 0.3) is 0 Å². The molecule has 0 bridgehead atoms. The molecule has 3 aromatic carbocycles. The van der Waals surface area contributed by atoms with Gasteiger partial charge in [-0.25, -0.2) is 9.59 Å². The first-order chi connectivity index (χ1) is 31.6. The molecule has 6 unspecified atom stereocenters. The van der Waals surface area contributed by atoms with Crippen LogP contribution in [-0.4, -0.2) is 171 Å². The van der Waals surface area contributed by atoms with E-state index in [9.17, 15) is 54.9 Å². The van der Waals surface area contributed by atoms with E-state index in [1.54, 1.807) is 30.3 Å². The van der Waals surface area contributed by atoms with E-state index in [0.29, 0.717) is 5.56 Å². The zero-order valence-corrected chi connectivity index (χ0v) is 36.0. The van der Waals surface area contributed by atoms with E-state index in [4.69, 9.17) is 28.4 Å². The second-order valence-corrected chi connectivity index (χ2v) is 16.7. The molecule has 2 aliphatic carbocycles. The lowest BCUT2D eigenvalue weighted by atomic mass is 9.83. The number of fused-ring (bicyclic) bond motifs is 3. The van der Waals surface area contributed by atoms with Crippen molar-refractivity contribution in [1.82, 2.24) is 21.3 Å². The predicted molar refractivity (Wildman–Crippen MR) is 227 cm³/mol. The summed E-state index contributed by atoms with van der Waals surface area (Å²) in [6.45, 7) is 0.942. The van der Waals surface area contributed by atoms with Crippen LogP contribution in [-0.2, 0) is 44.6 Å². The van der Waals surface area contributed by atoms with Crippen molar-refractivity contribution in [1.29, 1.82) is 0 Å². The van der Waals surface area contributed by atoms with Crippen molar-refractivity contribution in [3.8, 4) is 11.1 Å². The number of hydrogen-bond acceptors (Lipinski definition) is 17. The van der Waals surface area contributed by atoms with Crippen LogP contribution >= 0.6 is 0 Å². The Morgan fingerprint density at radius 2 is 1.15 bits per heavy atom. The quantitative estimate of drug-likeness (QED) is 0.0887. The van der Waals surface area contributed by atoms with E-state index >= 15 is 0 Å². The van der Waals surface area contributed by atoms with Crippen LogP contribution in [0.4, 0.5) is 9.59 Å². The van der Waals surface area contributed by atoms with Crippen LogP contribution in [0.2, 0.25) is 0 Å². The SMILES string of the molecule is CC(=O)NC1C[C@@H](NC(C)=O)[C@@H](O[C@H]2OC(CO)[C@@H](O)[C@@H](NC(=O)OCC3c4ccccc4-c4ccccc43)C2O)C(O)[C@@H]1O[C@H]1OC(CNC(=O)OCc2ccccc2)[C@@H](O)[C@H](O)C1O. The molecule has 7 rings (SSSR count). The largest absolute Gasteiger partial charge is 0.449 e. The van der Waals surface area contributed by atoms with Crippen molar-refractivity contribution in [2.75, 3.05) is 19.8 Å². The van der Waals surface area contributed by atoms with Gasteiger partial charge in [-0.3, -0.25) is 9.59 Å². The number of ether oxygens (including phenoxy) is 6. The van der Waals surface area contributed by atoms with Crippen LogP contribution in [0.25, 0.3) is 11.1 Å². The number of hydrogen-bond donors (Lipinski definition) is 11. The summed E-state index contributed by atoms with van der Waals surface area (Å²) in [7, 11) is 0. The molecule has 3 aromatic rings. The highest BCUT2D eigenvalue weighted by atomic mass is 16.7. The van der Waals surface area contributed by atoms with Crippen molar-refractivity contribution in [3.05, 3.63) is 95.6 Å². The Bertz CT molecular complexity index is 2110. The number of rotatable bonds is 14. The number of amides is 4. The third-order valence-corrected chi connectivity index (χ3v) is 12.2. The number of aliphatic hydroxyl groups is 7. The molecule has 4 aliphatic rings. The number of alkyl carbamates (subject to hydrolysis) is 2. The maximum Gasteiger partial charge on any atom is 0.407 e. The van der Waals surface area contributed by atoms with Crippen molar-refractivity contribution < 1.29 is 83.3 Å². The van der Waals surface area contributed by atoms with Gasteiger partial charge in [0, 0.05) is 26.3 Å². The minimum absolute atomic E-state index is 0.0689. The Balaban J connectivity index is 1.05. The molecule has 66 heavy (non-hydrogen) atoms. The van der Waals surface area contributed by atoms with Crippen LogP contribution in [0.3, 0.4) is 0 Å². The average molecular weight is 925 g/mol. The maximum atomic E-state index is 13.4. The monoisotopic (exact) mass is 924 g/mol. The van der Waals surface area contributed by atoms with E-state index < -0.39 is 129 Å². The minimum Gasteiger partial charge on any atom is -0.449 e. The number of benzene rings is 3. The molecule has 2 heterocycles. The molecule has 4 amide bonds. The van der Waals surface area contributed by atoms with Crippen molar-refractivity contribution >= 4 is 24.0 Å². The van der Waals surface area contributed by atoms with E-state index in [-0.39, 0.29) is 25.6 Å². The summed E-state index contributed by atoms with van der Waals surface area (Å²) in [6.07, 6.45) is -22.8. The Morgan fingerprint density at radius 1 is 0.606 bits per heavy atom. The summed E-state index contributed by atoms with van der Waals surface area (Å²) in [5.74, 6) is -1.49. The van der Waals surface area contributed by atoms with Crippen molar-refractivity contribution in [2.24, 2.45) is 0 Å². The van der Waals surface area contributed by atoms with E-state index in [2.05, 4.69) is 21.3 Å². The van der Waals surface area contributed by atoms with Gasteiger partial charge in [0.2, 0.25) is 11.8 Å². The molecule has 21 heteroatoms. The molecule has 21 nitrogen and oxygen atoms in total. The highest BCUT2D eigenvalue weighted by molar-refractivity contribution is 5.79. The van der Waals surface area contributed by atoms with Gasteiger partial charge in [-0.2, -0.15) is 0 Å². The highest BCUT2D eigenvalue weighted by Gasteiger charge is 2.54. The fraction of sp³-hybridized carbons (Fsp3) is 0.511. The minimum atomic E-state index is -1.95. The number of carbonyl (C=O) groups excluding carboxylic acids is 4. The lowest BCUT2D eigenvalue weighted by molar-refractivity contribution is -0.334. The second kappa shape index (κ2) is 21.6. The molecule has 3 fully saturated rings. The van der Waals surface area contributed by atoms with Crippen LogP contribution in [0.15, 0.2) is 78.9 Å². The number of nitrogens with one attached hydrogen (secondary N) is 4. The molecule has 1 saturated carbocycles. The molecule has 358 valence electrons. The first kappa shape index (κ1) is 48.6. The smallest absolute Gasteiger partial charge is 0.407 e. The fourth-order valence-electron chi connectivity index (χ4n) is 8.97. The third kappa shape index (κ3) is 10.9. The van der Waals surface area contributed by atoms with Gasteiger partial charge in [0.05, 0.1) is 24.7 Å². The Kier molecular flexibility index (Phi) is 15.9. The van der Waals surface area contributed by atoms with E-state index in [1.165, 1.54) is 13.8 Å². The Labute approximate surface area is 378 Å². The summed E-state index contributed by atoms with van der Waals surface area (Å²) in [5, 5.41) is 87.8. The van der Waals surface area contributed by atoms with Crippen molar-refractivity contribution in [2.45, 2.75) is 125 Å². The average Bonchev–Trinajstić information content (AvgIpc) is 3.62. The number of carbonyl (C=O) groups is 4.